The van der Waals surface area contributed by atoms with Gasteiger partial charge in [0.05, 0.1) is 12.1 Å². The third-order valence-corrected chi connectivity index (χ3v) is 3.43. The van der Waals surface area contributed by atoms with Crippen LogP contribution < -0.4 is 5.32 Å². The van der Waals surface area contributed by atoms with Gasteiger partial charge >= 0.3 is 0 Å². The summed E-state index contributed by atoms with van der Waals surface area (Å²) in [5, 5.41) is 11.4. The van der Waals surface area contributed by atoms with E-state index in [4.69, 9.17) is 0 Å². The molecule has 1 N–H and O–H groups in total. The first-order chi connectivity index (χ1) is 10.3. The van der Waals surface area contributed by atoms with Crippen LogP contribution in [-0.2, 0) is 13.1 Å². The Morgan fingerprint density at radius 2 is 2.05 bits per heavy atom. The highest BCUT2D eigenvalue weighted by Gasteiger charge is 2.08. The molecule has 0 saturated carbocycles. The summed E-state index contributed by atoms with van der Waals surface area (Å²) in [5.41, 5.74) is 3.43. The van der Waals surface area contributed by atoms with Gasteiger partial charge in [-0.3, -0.25) is 0 Å². The Bertz CT molecular complexity index is 751. The van der Waals surface area contributed by atoms with Crippen LogP contribution in [-0.4, -0.2) is 21.5 Å². The Hall–Kier alpha value is -2.27. The molecule has 1 heterocycles. The van der Waals surface area contributed by atoms with Gasteiger partial charge in [-0.2, -0.15) is 0 Å². The Labute approximate surface area is 122 Å². The summed E-state index contributed by atoms with van der Waals surface area (Å²) in [6.45, 7) is 4.06. The van der Waals surface area contributed by atoms with Gasteiger partial charge in [-0.15, -0.1) is 5.10 Å². The molecule has 0 aliphatic carbocycles. The molecular formula is C16H17FN4. The third-order valence-electron chi connectivity index (χ3n) is 3.43. The van der Waals surface area contributed by atoms with Crippen LogP contribution in [0.5, 0.6) is 0 Å². The number of benzene rings is 2. The van der Waals surface area contributed by atoms with Crippen LogP contribution in [0.15, 0.2) is 42.5 Å². The fourth-order valence-electron chi connectivity index (χ4n) is 2.32. The van der Waals surface area contributed by atoms with Gasteiger partial charge in [0.2, 0.25) is 0 Å². The monoisotopic (exact) mass is 284 g/mol. The first kappa shape index (κ1) is 13.7. The van der Waals surface area contributed by atoms with Gasteiger partial charge < -0.3 is 5.32 Å². The summed E-state index contributed by atoms with van der Waals surface area (Å²) in [5.74, 6) is -0.213. The SMILES string of the molecule is CCNCc1ccc(F)c(Cn2nnc3ccccc32)c1. The molecule has 0 aliphatic rings. The van der Waals surface area contributed by atoms with Gasteiger partial charge in [0.1, 0.15) is 11.3 Å². The molecule has 0 aliphatic heterocycles. The number of halogens is 1. The lowest BCUT2D eigenvalue weighted by Gasteiger charge is -2.08. The van der Waals surface area contributed by atoms with Crippen molar-refractivity contribution in [3.63, 3.8) is 0 Å². The van der Waals surface area contributed by atoms with Gasteiger partial charge in [-0.05, 0) is 36.4 Å². The Morgan fingerprint density at radius 3 is 2.90 bits per heavy atom. The first-order valence-electron chi connectivity index (χ1n) is 7.04. The van der Waals surface area contributed by atoms with Crippen molar-refractivity contribution >= 4 is 11.0 Å². The summed E-state index contributed by atoms with van der Waals surface area (Å²) < 4.78 is 15.7. The number of para-hydroxylation sites is 1. The summed E-state index contributed by atoms with van der Waals surface area (Å²) in [6, 6.07) is 12.9. The van der Waals surface area contributed by atoms with Crippen molar-refractivity contribution in [2.45, 2.75) is 20.0 Å². The first-order valence-corrected chi connectivity index (χ1v) is 7.04. The van der Waals surface area contributed by atoms with Crippen molar-refractivity contribution < 1.29 is 4.39 Å². The Kier molecular flexibility index (Phi) is 3.92. The van der Waals surface area contributed by atoms with Gasteiger partial charge in [0, 0.05) is 12.1 Å². The molecule has 1 aromatic heterocycles. The van der Waals surface area contributed by atoms with Crippen molar-refractivity contribution in [3.05, 3.63) is 59.4 Å². The average Bonchev–Trinajstić information content (AvgIpc) is 2.91. The van der Waals surface area contributed by atoms with Crippen LogP contribution in [0.4, 0.5) is 4.39 Å². The lowest BCUT2D eigenvalue weighted by molar-refractivity contribution is 0.581. The average molecular weight is 284 g/mol. The van der Waals surface area contributed by atoms with Gasteiger partial charge in [-0.25, -0.2) is 9.07 Å². The number of hydrogen-bond donors (Lipinski definition) is 1. The maximum Gasteiger partial charge on any atom is 0.128 e. The van der Waals surface area contributed by atoms with E-state index >= 15 is 0 Å². The molecule has 0 fully saturated rings. The second kappa shape index (κ2) is 6.01. The molecule has 0 unspecified atom stereocenters. The fraction of sp³-hybridized carbons (Fsp3) is 0.250. The summed E-state index contributed by atoms with van der Waals surface area (Å²) in [4.78, 5) is 0. The highest BCUT2D eigenvalue weighted by atomic mass is 19.1. The van der Waals surface area contributed by atoms with Crippen LogP contribution in [0.3, 0.4) is 0 Å². The number of nitrogens with zero attached hydrogens (tertiary/aromatic N) is 3. The summed E-state index contributed by atoms with van der Waals surface area (Å²) in [7, 11) is 0. The molecule has 108 valence electrons. The Balaban J connectivity index is 1.90. The molecule has 3 aromatic rings. The fourth-order valence-corrected chi connectivity index (χ4v) is 2.32. The lowest BCUT2D eigenvalue weighted by atomic mass is 10.1. The molecule has 3 rings (SSSR count). The number of nitrogens with one attached hydrogen (secondary N) is 1. The van der Waals surface area contributed by atoms with E-state index < -0.39 is 0 Å². The van der Waals surface area contributed by atoms with Gasteiger partial charge in [0.25, 0.3) is 0 Å². The maximum absolute atomic E-state index is 14.0. The van der Waals surface area contributed by atoms with E-state index in [1.54, 1.807) is 10.7 Å². The zero-order chi connectivity index (χ0) is 14.7. The molecule has 2 aromatic carbocycles. The van der Waals surface area contributed by atoms with E-state index in [1.165, 1.54) is 6.07 Å². The number of fused-ring (bicyclic) bond motifs is 1. The normalized spacial score (nSPS) is 11.1. The number of hydrogen-bond acceptors (Lipinski definition) is 3. The predicted octanol–water partition coefficient (Wildman–Crippen LogP) is 2.73. The van der Waals surface area contributed by atoms with Crippen LogP contribution >= 0.6 is 0 Å². The zero-order valence-corrected chi connectivity index (χ0v) is 11.9. The van der Waals surface area contributed by atoms with Crippen molar-refractivity contribution in [3.8, 4) is 0 Å². The second-order valence-corrected chi connectivity index (χ2v) is 4.94. The van der Waals surface area contributed by atoms with Crippen molar-refractivity contribution in [2.24, 2.45) is 0 Å². The minimum atomic E-state index is -0.213. The highest BCUT2D eigenvalue weighted by molar-refractivity contribution is 5.73. The zero-order valence-electron chi connectivity index (χ0n) is 11.9. The van der Waals surface area contributed by atoms with Crippen LogP contribution in [0, 0.1) is 5.82 Å². The molecule has 5 heteroatoms. The minimum Gasteiger partial charge on any atom is -0.313 e. The molecule has 21 heavy (non-hydrogen) atoms. The quantitative estimate of drug-likeness (QED) is 0.783. The molecule has 0 bridgehead atoms. The van der Waals surface area contributed by atoms with Crippen LogP contribution in [0.1, 0.15) is 18.1 Å². The van der Waals surface area contributed by atoms with Gasteiger partial charge in [-0.1, -0.05) is 30.3 Å². The smallest absolute Gasteiger partial charge is 0.128 e. The standard InChI is InChI=1S/C16H17FN4/c1-2-18-10-12-7-8-14(17)13(9-12)11-21-16-6-4-3-5-15(16)19-20-21/h3-9,18H,2,10-11H2,1H3. The van der Waals surface area contributed by atoms with Crippen molar-refractivity contribution in [2.75, 3.05) is 6.54 Å². The van der Waals surface area contributed by atoms with E-state index in [0.717, 1.165) is 29.7 Å². The third kappa shape index (κ3) is 2.92. The highest BCUT2D eigenvalue weighted by Crippen LogP contribution is 2.15. The largest absolute Gasteiger partial charge is 0.313 e. The lowest BCUT2D eigenvalue weighted by Crippen LogP contribution is -2.12. The summed E-state index contributed by atoms with van der Waals surface area (Å²) in [6.07, 6.45) is 0. The van der Waals surface area contributed by atoms with Crippen molar-refractivity contribution in [1.82, 2.24) is 20.3 Å². The minimum absolute atomic E-state index is 0.213. The molecule has 0 spiro atoms. The molecule has 0 saturated heterocycles. The number of aromatic nitrogens is 3. The molecule has 0 radical (unpaired) electrons. The molecular weight excluding hydrogens is 267 g/mol. The van der Waals surface area contributed by atoms with E-state index in [1.807, 2.05) is 37.3 Å². The molecule has 4 nitrogen and oxygen atoms in total. The Morgan fingerprint density at radius 1 is 1.19 bits per heavy atom. The van der Waals surface area contributed by atoms with E-state index in [9.17, 15) is 4.39 Å². The molecule has 0 amide bonds. The van der Waals surface area contributed by atoms with Crippen LogP contribution in [0.2, 0.25) is 0 Å². The van der Waals surface area contributed by atoms with E-state index in [2.05, 4.69) is 15.6 Å². The topological polar surface area (TPSA) is 42.7 Å². The van der Waals surface area contributed by atoms with E-state index in [-0.39, 0.29) is 5.82 Å². The van der Waals surface area contributed by atoms with Crippen molar-refractivity contribution in [1.29, 1.82) is 0 Å². The van der Waals surface area contributed by atoms with Crippen LogP contribution in [0.25, 0.3) is 11.0 Å². The van der Waals surface area contributed by atoms with Gasteiger partial charge in [0.15, 0.2) is 0 Å². The second-order valence-electron chi connectivity index (χ2n) is 4.94. The molecule has 0 atom stereocenters. The van der Waals surface area contributed by atoms with E-state index in [0.29, 0.717) is 12.1 Å². The number of rotatable bonds is 5. The maximum atomic E-state index is 14.0. The predicted molar refractivity (Wildman–Crippen MR) is 80.4 cm³/mol. The summed E-state index contributed by atoms with van der Waals surface area (Å²) >= 11 is 0.